The monoisotopic (exact) mass is 425 g/mol. The molecule has 0 aliphatic carbocycles. The minimum absolute atomic E-state index is 0.110. The number of hydrogen-bond donors (Lipinski definition) is 1. The zero-order valence-electron chi connectivity index (χ0n) is 16.7. The van der Waals surface area contributed by atoms with E-state index in [4.69, 9.17) is 0 Å². The number of carbonyl (C=O) groups excluding carboxylic acids is 1. The molecule has 6 nitrogen and oxygen atoms in total. The van der Waals surface area contributed by atoms with Crippen molar-refractivity contribution in [3.8, 4) is 5.69 Å². The first kappa shape index (κ1) is 20.5. The minimum atomic E-state index is -4.46. The lowest BCUT2D eigenvalue weighted by molar-refractivity contribution is -0.137. The number of benzene rings is 2. The molecular weight excluding hydrogens is 407 g/mol. The standard InChI is InChI=1S/C22H18F3N5O/c1-13-17-8-3-4-9-19(17)29-20(28-13)12-26-21(31)18-11-27-30(14(18)2)16-7-5-6-15(10-16)22(23,24)25/h3-11H,12H2,1-2H3,(H,26,31). The highest BCUT2D eigenvalue weighted by Crippen LogP contribution is 2.30. The van der Waals surface area contributed by atoms with E-state index < -0.39 is 17.6 Å². The molecule has 4 rings (SSSR count). The molecule has 2 heterocycles. The summed E-state index contributed by atoms with van der Waals surface area (Å²) in [5.41, 5.74) is 1.72. The van der Waals surface area contributed by atoms with Gasteiger partial charge in [0.2, 0.25) is 0 Å². The third kappa shape index (κ3) is 4.11. The van der Waals surface area contributed by atoms with E-state index in [-0.39, 0.29) is 17.8 Å². The number of aryl methyl sites for hydroxylation is 1. The molecule has 0 atom stereocenters. The lowest BCUT2D eigenvalue weighted by atomic mass is 10.2. The second kappa shape index (κ2) is 7.82. The Morgan fingerprint density at radius 3 is 2.61 bits per heavy atom. The summed E-state index contributed by atoms with van der Waals surface area (Å²) < 4.78 is 40.3. The number of nitrogens with one attached hydrogen (secondary N) is 1. The van der Waals surface area contributed by atoms with Gasteiger partial charge in [0.05, 0.1) is 40.8 Å². The third-order valence-electron chi connectivity index (χ3n) is 4.92. The lowest BCUT2D eigenvalue weighted by Crippen LogP contribution is -2.24. The van der Waals surface area contributed by atoms with Crippen LogP contribution in [0.25, 0.3) is 16.6 Å². The first-order valence-corrected chi connectivity index (χ1v) is 9.47. The number of amides is 1. The largest absolute Gasteiger partial charge is 0.416 e. The molecular formula is C22H18F3N5O. The number of halogens is 3. The van der Waals surface area contributed by atoms with Crippen LogP contribution in [0.1, 0.15) is 33.1 Å². The highest BCUT2D eigenvalue weighted by Gasteiger charge is 2.30. The molecule has 0 fully saturated rings. The van der Waals surface area contributed by atoms with Crippen molar-refractivity contribution in [3.63, 3.8) is 0 Å². The van der Waals surface area contributed by atoms with Gasteiger partial charge in [-0.15, -0.1) is 0 Å². The van der Waals surface area contributed by atoms with Gasteiger partial charge < -0.3 is 5.32 Å². The Morgan fingerprint density at radius 1 is 1.06 bits per heavy atom. The Labute approximate surface area is 175 Å². The predicted molar refractivity (Wildman–Crippen MR) is 109 cm³/mol. The fourth-order valence-electron chi connectivity index (χ4n) is 3.34. The van der Waals surface area contributed by atoms with Gasteiger partial charge in [0.15, 0.2) is 0 Å². The van der Waals surface area contributed by atoms with Crippen molar-refractivity contribution in [3.05, 3.63) is 83.1 Å². The minimum Gasteiger partial charge on any atom is -0.345 e. The molecule has 2 aromatic carbocycles. The number of fused-ring (bicyclic) bond motifs is 1. The van der Waals surface area contributed by atoms with Gasteiger partial charge in [0.25, 0.3) is 5.91 Å². The Kier molecular flexibility index (Phi) is 5.18. The average molecular weight is 425 g/mol. The number of nitrogens with zero attached hydrogens (tertiary/aromatic N) is 4. The second-order valence-corrected chi connectivity index (χ2v) is 7.03. The highest BCUT2D eigenvalue weighted by molar-refractivity contribution is 5.95. The van der Waals surface area contributed by atoms with Crippen LogP contribution in [0.2, 0.25) is 0 Å². The van der Waals surface area contributed by atoms with E-state index in [1.54, 1.807) is 6.92 Å². The molecule has 0 spiro atoms. The number of carbonyl (C=O) groups is 1. The van der Waals surface area contributed by atoms with E-state index in [1.807, 2.05) is 31.2 Å². The molecule has 0 bridgehead atoms. The lowest BCUT2D eigenvalue weighted by Gasteiger charge is -2.10. The maximum atomic E-state index is 13.0. The van der Waals surface area contributed by atoms with E-state index in [1.165, 1.54) is 23.0 Å². The SMILES string of the molecule is Cc1nc(CNC(=O)c2cnn(-c3cccc(C(F)(F)F)c3)c2C)nc2ccccc12. The molecule has 0 aliphatic heterocycles. The van der Waals surface area contributed by atoms with Gasteiger partial charge in [-0.05, 0) is 38.1 Å². The van der Waals surface area contributed by atoms with E-state index in [2.05, 4.69) is 20.4 Å². The summed E-state index contributed by atoms with van der Waals surface area (Å²) in [6.07, 6.45) is -3.13. The zero-order valence-corrected chi connectivity index (χ0v) is 16.7. The molecule has 1 amide bonds. The number of hydrogen-bond acceptors (Lipinski definition) is 4. The summed E-state index contributed by atoms with van der Waals surface area (Å²) in [7, 11) is 0. The van der Waals surface area contributed by atoms with Crippen LogP contribution in [-0.2, 0) is 12.7 Å². The van der Waals surface area contributed by atoms with Crippen LogP contribution in [0.3, 0.4) is 0 Å². The van der Waals surface area contributed by atoms with Crippen molar-refractivity contribution in [1.82, 2.24) is 25.1 Å². The predicted octanol–water partition coefficient (Wildman–Crippen LogP) is 4.38. The number of alkyl halides is 3. The molecule has 1 N–H and O–H groups in total. The van der Waals surface area contributed by atoms with E-state index in [0.29, 0.717) is 11.5 Å². The number of rotatable bonds is 4. The fraction of sp³-hybridized carbons (Fsp3) is 0.182. The van der Waals surface area contributed by atoms with Gasteiger partial charge in [-0.25, -0.2) is 14.6 Å². The van der Waals surface area contributed by atoms with E-state index in [9.17, 15) is 18.0 Å². The van der Waals surface area contributed by atoms with Crippen LogP contribution in [0.5, 0.6) is 0 Å². The third-order valence-corrected chi connectivity index (χ3v) is 4.92. The fourth-order valence-corrected chi connectivity index (χ4v) is 3.34. The van der Waals surface area contributed by atoms with Crippen molar-refractivity contribution in [2.24, 2.45) is 0 Å². The molecule has 0 aliphatic rings. The second-order valence-electron chi connectivity index (χ2n) is 7.03. The van der Waals surface area contributed by atoms with Gasteiger partial charge in [-0.3, -0.25) is 4.79 Å². The maximum absolute atomic E-state index is 13.0. The Balaban J connectivity index is 1.54. The first-order chi connectivity index (χ1) is 14.7. The van der Waals surface area contributed by atoms with E-state index >= 15 is 0 Å². The average Bonchev–Trinajstić information content (AvgIpc) is 3.13. The van der Waals surface area contributed by atoms with Gasteiger partial charge in [0.1, 0.15) is 5.82 Å². The van der Waals surface area contributed by atoms with Crippen LogP contribution in [0.4, 0.5) is 13.2 Å². The molecule has 4 aromatic rings. The topological polar surface area (TPSA) is 72.7 Å². The van der Waals surface area contributed by atoms with Crippen molar-refractivity contribution in [2.75, 3.05) is 0 Å². The molecule has 0 unspecified atom stereocenters. The maximum Gasteiger partial charge on any atom is 0.416 e. The summed E-state index contributed by atoms with van der Waals surface area (Å²) in [5.74, 6) is 0.0533. The molecule has 9 heteroatoms. The van der Waals surface area contributed by atoms with Crippen LogP contribution >= 0.6 is 0 Å². The van der Waals surface area contributed by atoms with Crippen LogP contribution in [0, 0.1) is 13.8 Å². The number of para-hydroxylation sites is 1. The Hall–Kier alpha value is -3.75. The van der Waals surface area contributed by atoms with Crippen molar-refractivity contribution >= 4 is 16.8 Å². The molecule has 2 aromatic heterocycles. The molecule has 31 heavy (non-hydrogen) atoms. The molecule has 0 saturated carbocycles. The number of aromatic nitrogens is 4. The van der Waals surface area contributed by atoms with Crippen LogP contribution in [0.15, 0.2) is 54.7 Å². The smallest absolute Gasteiger partial charge is 0.345 e. The normalized spacial score (nSPS) is 11.6. The van der Waals surface area contributed by atoms with Crippen molar-refractivity contribution < 1.29 is 18.0 Å². The van der Waals surface area contributed by atoms with Crippen LogP contribution in [-0.4, -0.2) is 25.7 Å². The summed E-state index contributed by atoms with van der Waals surface area (Å²) in [4.78, 5) is 21.5. The summed E-state index contributed by atoms with van der Waals surface area (Å²) >= 11 is 0. The van der Waals surface area contributed by atoms with Gasteiger partial charge >= 0.3 is 6.18 Å². The molecule has 0 radical (unpaired) electrons. The highest BCUT2D eigenvalue weighted by atomic mass is 19.4. The summed E-state index contributed by atoms with van der Waals surface area (Å²) in [5, 5.41) is 7.79. The molecule has 0 saturated heterocycles. The summed E-state index contributed by atoms with van der Waals surface area (Å²) in [6, 6.07) is 12.4. The Morgan fingerprint density at radius 2 is 1.84 bits per heavy atom. The van der Waals surface area contributed by atoms with Gasteiger partial charge in [-0.2, -0.15) is 18.3 Å². The summed E-state index contributed by atoms with van der Waals surface area (Å²) in [6.45, 7) is 3.61. The van der Waals surface area contributed by atoms with Gasteiger partial charge in [-0.1, -0.05) is 24.3 Å². The van der Waals surface area contributed by atoms with Crippen molar-refractivity contribution in [1.29, 1.82) is 0 Å². The Bertz CT molecular complexity index is 1280. The van der Waals surface area contributed by atoms with E-state index in [0.717, 1.165) is 28.7 Å². The van der Waals surface area contributed by atoms with Crippen LogP contribution < -0.4 is 5.32 Å². The van der Waals surface area contributed by atoms with Crippen molar-refractivity contribution in [2.45, 2.75) is 26.6 Å². The molecule has 158 valence electrons. The van der Waals surface area contributed by atoms with Gasteiger partial charge in [0, 0.05) is 11.1 Å². The zero-order chi connectivity index (χ0) is 22.2. The quantitative estimate of drug-likeness (QED) is 0.527. The first-order valence-electron chi connectivity index (χ1n) is 9.47.